The lowest BCUT2D eigenvalue weighted by Crippen LogP contribution is -2.42. The van der Waals surface area contributed by atoms with Gasteiger partial charge in [0.25, 0.3) is 0 Å². The molecule has 1 N–H and O–H groups in total. The minimum absolute atomic E-state index is 0.204. The smallest absolute Gasteiger partial charge is 0.321 e. The molecule has 0 saturated heterocycles. The van der Waals surface area contributed by atoms with Gasteiger partial charge in [0.05, 0.1) is 6.61 Å². The Bertz CT molecular complexity index is 588. The number of ketones is 1. The molecular formula is C17H20O4. The summed E-state index contributed by atoms with van der Waals surface area (Å²) in [6, 6.07) is 9.31. The number of aliphatic hydroxyl groups excluding tert-OH is 1. The fourth-order valence-corrected chi connectivity index (χ4v) is 3.19. The lowest BCUT2D eigenvalue weighted by molar-refractivity contribution is -0.160. The lowest BCUT2D eigenvalue weighted by atomic mass is 9.69. The first-order valence-corrected chi connectivity index (χ1v) is 7.17. The van der Waals surface area contributed by atoms with Gasteiger partial charge in [-0.2, -0.15) is 0 Å². The van der Waals surface area contributed by atoms with Crippen molar-refractivity contribution in [1.82, 2.24) is 0 Å². The van der Waals surface area contributed by atoms with Crippen LogP contribution in [-0.4, -0.2) is 23.5 Å². The van der Waals surface area contributed by atoms with E-state index in [1.165, 1.54) is 0 Å². The molecule has 1 aliphatic rings. The molecule has 2 rings (SSSR count). The quantitative estimate of drug-likeness (QED) is 0.683. The van der Waals surface area contributed by atoms with Crippen molar-refractivity contribution < 1.29 is 19.4 Å². The van der Waals surface area contributed by atoms with Gasteiger partial charge in [0, 0.05) is 5.92 Å². The van der Waals surface area contributed by atoms with Crippen molar-refractivity contribution in [2.45, 2.75) is 33.1 Å². The highest BCUT2D eigenvalue weighted by atomic mass is 16.5. The third-order valence-electron chi connectivity index (χ3n) is 4.25. The highest BCUT2D eigenvalue weighted by Gasteiger charge is 2.59. The summed E-state index contributed by atoms with van der Waals surface area (Å²) in [7, 11) is 0. The zero-order chi connectivity index (χ0) is 15.6. The zero-order valence-corrected chi connectivity index (χ0v) is 12.6. The van der Waals surface area contributed by atoms with E-state index in [9.17, 15) is 14.7 Å². The van der Waals surface area contributed by atoms with Crippen molar-refractivity contribution in [1.29, 1.82) is 0 Å². The van der Waals surface area contributed by atoms with Crippen LogP contribution in [0.1, 0.15) is 38.7 Å². The van der Waals surface area contributed by atoms with Gasteiger partial charge in [-0.15, -0.1) is 0 Å². The summed E-state index contributed by atoms with van der Waals surface area (Å²) >= 11 is 0. The Hall–Kier alpha value is -2.10. The Labute approximate surface area is 124 Å². The first kappa shape index (κ1) is 15.3. The molecule has 4 nitrogen and oxygen atoms in total. The second kappa shape index (κ2) is 5.72. The standard InChI is InChI=1S/C17H20O4/c1-4-17(16(20)21-5-2)13(11(3)14(18)15(17)19)12-9-7-6-8-10-12/h6-10,13,18H,4-5H2,1-3H3/t13-,17+/m1/s1. The van der Waals surface area contributed by atoms with E-state index in [-0.39, 0.29) is 18.8 Å². The monoisotopic (exact) mass is 288 g/mol. The predicted octanol–water partition coefficient (Wildman–Crippen LogP) is 3.14. The molecule has 0 aromatic heterocycles. The number of hydrogen-bond acceptors (Lipinski definition) is 4. The number of aliphatic hydroxyl groups is 1. The van der Waals surface area contributed by atoms with E-state index in [0.717, 1.165) is 5.56 Å². The molecule has 0 heterocycles. The normalized spacial score (nSPS) is 25.3. The molecule has 0 spiro atoms. The molecule has 0 bridgehead atoms. The fraction of sp³-hybridized carbons (Fsp3) is 0.412. The van der Waals surface area contributed by atoms with Crippen molar-refractivity contribution in [3.05, 3.63) is 47.2 Å². The number of Topliss-reactive ketones (excluding diaryl/α,β-unsaturated/α-hetero) is 1. The molecule has 21 heavy (non-hydrogen) atoms. The van der Waals surface area contributed by atoms with Crippen LogP contribution in [-0.2, 0) is 14.3 Å². The van der Waals surface area contributed by atoms with Gasteiger partial charge < -0.3 is 9.84 Å². The minimum Gasteiger partial charge on any atom is -0.504 e. The van der Waals surface area contributed by atoms with E-state index >= 15 is 0 Å². The number of hydrogen-bond donors (Lipinski definition) is 1. The number of allylic oxidation sites excluding steroid dienone is 2. The maximum absolute atomic E-state index is 12.6. The van der Waals surface area contributed by atoms with Crippen LogP contribution in [0, 0.1) is 5.41 Å². The Kier molecular flexibility index (Phi) is 4.16. The van der Waals surface area contributed by atoms with E-state index in [1.807, 2.05) is 30.3 Å². The molecule has 0 unspecified atom stereocenters. The van der Waals surface area contributed by atoms with E-state index < -0.39 is 23.1 Å². The Morgan fingerprint density at radius 3 is 2.43 bits per heavy atom. The van der Waals surface area contributed by atoms with Crippen molar-refractivity contribution in [2.24, 2.45) is 5.41 Å². The van der Waals surface area contributed by atoms with Gasteiger partial charge in [0.1, 0.15) is 5.41 Å². The summed E-state index contributed by atoms with van der Waals surface area (Å²) in [6.45, 7) is 5.38. The van der Waals surface area contributed by atoms with Crippen molar-refractivity contribution in [2.75, 3.05) is 6.61 Å². The second-order valence-corrected chi connectivity index (χ2v) is 5.25. The molecule has 1 aliphatic carbocycles. The van der Waals surface area contributed by atoms with E-state index in [4.69, 9.17) is 4.74 Å². The molecule has 0 radical (unpaired) electrons. The molecule has 0 saturated carbocycles. The van der Waals surface area contributed by atoms with Gasteiger partial charge in [-0.25, -0.2) is 0 Å². The van der Waals surface area contributed by atoms with Gasteiger partial charge in [0.15, 0.2) is 5.76 Å². The number of carbonyl (C=O) groups excluding carboxylic acids is 2. The summed E-state index contributed by atoms with van der Waals surface area (Å²) in [5, 5.41) is 10.1. The van der Waals surface area contributed by atoms with Crippen LogP contribution in [0.5, 0.6) is 0 Å². The Morgan fingerprint density at radius 1 is 1.29 bits per heavy atom. The average molecular weight is 288 g/mol. The maximum Gasteiger partial charge on any atom is 0.321 e. The Balaban J connectivity index is 2.61. The summed E-state index contributed by atoms with van der Waals surface area (Å²) in [5.74, 6) is -1.88. The molecule has 1 aromatic carbocycles. The van der Waals surface area contributed by atoms with E-state index in [2.05, 4.69) is 0 Å². The number of benzene rings is 1. The zero-order valence-electron chi connectivity index (χ0n) is 12.6. The van der Waals surface area contributed by atoms with Gasteiger partial charge >= 0.3 is 5.97 Å². The number of ether oxygens (including phenoxy) is 1. The summed E-state index contributed by atoms with van der Waals surface area (Å²) in [4.78, 5) is 25.1. The van der Waals surface area contributed by atoms with Gasteiger partial charge in [0.2, 0.25) is 5.78 Å². The highest BCUT2D eigenvalue weighted by molar-refractivity contribution is 6.15. The predicted molar refractivity (Wildman–Crippen MR) is 78.9 cm³/mol. The molecule has 4 heteroatoms. The van der Waals surface area contributed by atoms with Crippen LogP contribution in [0.2, 0.25) is 0 Å². The van der Waals surface area contributed by atoms with Crippen LogP contribution in [0.3, 0.4) is 0 Å². The van der Waals surface area contributed by atoms with Crippen molar-refractivity contribution in [3.63, 3.8) is 0 Å². The van der Waals surface area contributed by atoms with Gasteiger partial charge in [-0.3, -0.25) is 9.59 Å². The third-order valence-corrected chi connectivity index (χ3v) is 4.25. The first-order valence-electron chi connectivity index (χ1n) is 7.17. The highest BCUT2D eigenvalue weighted by Crippen LogP contribution is 2.52. The molecule has 112 valence electrons. The van der Waals surface area contributed by atoms with Gasteiger partial charge in [-0.05, 0) is 31.4 Å². The number of rotatable bonds is 4. The molecule has 2 atom stereocenters. The van der Waals surface area contributed by atoms with E-state index in [1.54, 1.807) is 20.8 Å². The summed E-state index contributed by atoms with van der Waals surface area (Å²) in [6.07, 6.45) is 0.283. The average Bonchev–Trinajstić information content (AvgIpc) is 2.70. The topological polar surface area (TPSA) is 63.6 Å². The lowest BCUT2D eigenvalue weighted by Gasteiger charge is -2.31. The largest absolute Gasteiger partial charge is 0.504 e. The summed E-state index contributed by atoms with van der Waals surface area (Å²) in [5.41, 5.74) is 0.00864. The van der Waals surface area contributed by atoms with Crippen molar-refractivity contribution >= 4 is 11.8 Å². The molecular weight excluding hydrogens is 268 g/mol. The van der Waals surface area contributed by atoms with Gasteiger partial charge in [-0.1, -0.05) is 37.3 Å². The third kappa shape index (κ3) is 2.15. The number of carbonyl (C=O) groups is 2. The first-order chi connectivity index (χ1) is 10.0. The fourth-order valence-electron chi connectivity index (χ4n) is 3.19. The molecule has 1 aromatic rings. The van der Waals surface area contributed by atoms with Crippen LogP contribution < -0.4 is 0 Å². The minimum atomic E-state index is -1.36. The van der Waals surface area contributed by atoms with Crippen molar-refractivity contribution in [3.8, 4) is 0 Å². The maximum atomic E-state index is 12.6. The molecule has 0 fully saturated rings. The van der Waals surface area contributed by atoms with Crippen LogP contribution >= 0.6 is 0 Å². The SMILES string of the molecule is CCOC(=O)[C@]1(CC)C(=O)C(O)=C(C)[C@@H]1c1ccccc1. The number of esters is 1. The van der Waals surface area contributed by atoms with E-state index in [0.29, 0.717) is 5.57 Å². The Morgan fingerprint density at radius 2 is 1.90 bits per heavy atom. The van der Waals surface area contributed by atoms with Crippen LogP contribution in [0.25, 0.3) is 0 Å². The second-order valence-electron chi connectivity index (χ2n) is 5.25. The molecule has 0 amide bonds. The summed E-state index contributed by atoms with van der Waals surface area (Å²) < 4.78 is 5.14. The van der Waals surface area contributed by atoms with Crippen LogP contribution in [0.15, 0.2) is 41.7 Å². The molecule has 0 aliphatic heterocycles. The van der Waals surface area contributed by atoms with Crippen LogP contribution in [0.4, 0.5) is 0 Å².